The smallest absolute Gasteiger partial charge is 0.256 e. The number of likely N-dealkylation sites (N-methyl/N-ethyl adjacent to an activating group) is 2. The summed E-state index contributed by atoms with van der Waals surface area (Å²) in [6, 6.07) is 12.8. The lowest BCUT2D eigenvalue weighted by Gasteiger charge is -2.25. The van der Waals surface area contributed by atoms with Gasteiger partial charge in [-0.15, -0.1) is 0 Å². The molecule has 7 heteroatoms. The van der Waals surface area contributed by atoms with E-state index in [-0.39, 0.29) is 17.7 Å². The number of nitrogens with one attached hydrogen (secondary N) is 1. The largest absolute Gasteiger partial charge is 0.508 e. The summed E-state index contributed by atoms with van der Waals surface area (Å²) >= 11 is 0. The number of aromatic hydroxyl groups is 1. The number of carbonyl (C=O) groups excluding carboxylic acids is 1. The quantitative estimate of drug-likeness (QED) is 0.659. The Balaban J connectivity index is 1.60. The van der Waals surface area contributed by atoms with Gasteiger partial charge in [0.05, 0.1) is 29.3 Å². The number of carbonyl (C=O) groups is 1. The van der Waals surface area contributed by atoms with E-state index in [1.54, 1.807) is 36.7 Å². The number of likely N-dealkylation sites (tertiary alicyclic amines) is 1. The summed E-state index contributed by atoms with van der Waals surface area (Å²) in [5.41, 5.74) is 3.89. The van der Waals surface area contributed by atoms with Gasteiger partial charge in [-0.05, 0) is 68.9 Å². The van der Waals surface area contributed by atoms with Gasteiger partial charge in [0.25, 0.3) is 5.91 Å². The molecule has 0 spiro atoms. The average Bonchev–Trinajstić information content (AvgIpc) is 3.20. The van der Waals surface area contributed by atoms with E-state index in [0.29, 0.717) is 22.8 Å². The van der Waals surface area contributed by atoms with Gasteiger partial charge in [0.2, 0.25) is 0 Å². The summed E-state index contributed by atoms with van der Waals surface area (Å²) in [5, 5.41) is 12.8. The summed E-state index contributed by atoms with van der Waals surface area (Å²) in [6.07, 6.45) is 4.29. The van der Waals surface area contributed by atoms with Crippen molar-refractivity contribution in [3.8, 4) is 17.0 Å². The van der Waals surface area contributed by atoms with Crippen LogP contribution in [-0.4, -0.2) is 64.0 Å². The Kier molecular flexibility index (Phi) is 5.86. The molecule has 4 rings (SSSR count). The number of amides is 1. The lowest BCUT2D eigenvalue weighted by atomic mass is 10.1. The minimum absolute atomic E-state index is 0.00884. The van der Waals surface area contributed by atoms with E-state index in [4.69, 9.17) is 0 Å². The van der Waals surface area contributed by atoms with Gasteiger partial charge >= 0.3 is 0 Å². The number of phenols is 1. The first-order valence-electron chi connectivity index (χ1n) is 10.4. The van der Waals surface area contributed by atoms with Crippen LogP contribution in [0, 0.1) is 6.92 Å². The number of hydrogen-bond donors (Lipinski definition) is 2. The fourth-order valence-electron chi connectivity index (χ4n) is 3.87. The van der Waals surface area contributed by atoms with Crippen LogP contribution in [0.1, 0.15) is 22.3 Å². The third-order valence-electron chi connectivity index (χ3n) is 5.70. The van der Waals surface area contributed by atoms with Crippen molar-refractivity contribution >= 4 is 17.4 Å². The molecular weight excluding hydrogens is 390 g/mol. The summed E-state index contributed by atoms with van der Waals surface area (Å²) in [7, 11) is 3.96. The number of aromatic nitrogens is 2. The zero-order valence-corrected chi connectivity index (χ0v) is 18.0. The molecule has 1 unspecified atom stereocenters. The first kappa shape index (κ1) is 20.8. The van der Waals surface area contributed by atoms with Gasteiger partial charge < -0.3 is 20.2 Å². The monoisotopic (exact) mass is 417 g/mol. The van der Waals surface area contributed by atoms with Gasteiger partial charge in [0, 0.05) is 25.2 Å². The Labute approximate surface area is 182 Å². The Morgan fingerprint density at radius 1 is 1.19 bits per heavy atom. The molecule has 1 aliphatic heterocycles. The molecule has 1 fully saturated rings. The molecule has 1 aliphatic rings. The molecule has 1 aromatic heterocycles. The standard InChI is InChI=1S/C24H27N5O2/c1-16-4-9-20(24(31)29(3)18-10-11-28(2)15-18)21(12-16)26-23-14-25-13-22(27-23)17-5-7-19(30)8-6-17/h4-9,12-14,18,30H,10-11,15H2,1-3H3,(H,26,27). The molecule has 1 amide bonds. The van der Waals surface area contributed by atoms with Crippen LogP contribution in [0.2, 0.25) is 0 Å². The maximum Gasteiger partial charge on any atom is 0.256 e. The highest BCUT2D eigenvalue weighted by Crippen LogP contribution is 2.26. The zero-order chi connectivity index (χ0) is 22.0. The molecule has 2 aromatic carbocycles. The second-order valence-corrected chi connectivity index (χ2v) is 8.13. The van der Waals surface area contributed by atoms with E-state index in [1.807, 2.05) is 37.1 Å². The topological polar surface area (TPSA) is 81.6 Å². The number of hydrogen-bond acceptors (Lipinski definition) is 6. The second-order valence-electron chi connectivity index (χ2n) is 8.13. The predicted octanol–water partition coefficient (Wildman–Crippen LogP) is 3.68. The highest BCUT2D eigenvalue weighted by molar-refractivity contribution is 6.00. The molecule has 1 saturated heterocycles. The number of phenolic OH excluding ortho intramolecular Hbond substituents is 1. The Bertz CT molecular complexity index is 1080. The van der Waals surface area contributed by atoms with Gasteiger partial charge in [-0.1, -0.05) is 6.07 Å². The maximum atomic E-state index is 13.3. The van der Waals surface area contributed by atoms with E-state index in [9.17, 15) is 9.90 Å². The molecular formula is C24H27N5O2. The summed E-state index contributed by atoms with van der Waals surface area (Å²) < 4.78 is 0. The van der Waals surface area contributed by atoms with Crippen LogP contribution in [-0.2, 0) is 0 Å². The third kappa shape index (κ3) is 4.67. The second kappa shape index (κ2) is 8.73. The molecule has 0 radical (unpaired) electrons. The van der Waals surface area contributed by atoms with Crippen LogP contribution in [0.5, 0.6) is 5.75 Å². The van der Waals surface area contributed by atoms with Crippen molar-refractivity contribution in [3.05, 3.63) is 66.0 Å². The molecule has 160 valence electrons. The molecule has 2 N–H and O–H groups in total. The van der Waals surface area contributed by atoms with Crippen LogP contribution in [0.4, 0.5) is 11.5 Å². The SMILES string of the molecule is Cc1ccc(C(=O)N(C)C2CCN(C)C2)c(Nc2cncc(-c3ccc(O)cc3)n2)c1. The third-order valence-corrected chi connectivity index (χ3v) is 5.70. The normalized spacial score (nSPS) is 16.3. The average molecular weight is 418 g/mol. The van der Waals surface area contributed by atoms with Crippen LogP contribution in [0.3, 0.4) is 0 Å². The van der Waals surface area contributed by atoms with Crippen molar-refractivity contribution in [2.75, 3.05) is 32.5 Å². The fourth-order valence-corrected chi connectivity index (χ4v) is 3.87. The molecule has 7 nitrogen and oxygen atoms in total. The number of nitrogens with zero attached hydrogens (tertiary/aromatic N) is 4. The number of benzene rings is 2. The van der Waals surface area contributed by atoms with E-state index in [0.717, 1.165) is 30.6 Å². The number of rotatable bonds is 5. The lowest BCUT2D eigenvalue weighted by Crippen LogP contribution is -2.38. The van der Waals surface area contributed by atoms with Crippen molar-refractivity contribution in [2.24, 2.45) is 0 Å². The predicted molar refractivity (Wildman–Crippen MR) is 122 cm³/mol. The van der Waals surface area contributed by atoms with Crippen molar-refractivity contribution < 1.29 is 9.90 Å². The van der Waals surface area contributed by atoms with Gasteiger partial charge in [-0.3, -0.25) is 9.78 Å². The van der Waals surface area contributed by atoms with E-state index in [2.05, 4.69) is 27.2 Å². The van der Waals surface area contributed by atoms with Crippen molar-refractivity contribution in [3.63, 3.8) is 0 Å². The fraction of sp³-hybridized carbons (Fsp3) is 0.292. The molecule has 1 atom stereocenters. The molecule has 0 bridgehead atoms. The molecule has 3 aromatic rings. The van der Waals surface area contributed by atoms with E-state index < -0.39 is 0 Å². The van der Waals surface area contributed by atoms with E-state index >= 15 is 0 Å². The summed E-state index contributed by atoms with van der Waals surface area (Å²) in [4.78, 5) is 26.3. The van der Waals surface area contributed by atoms with Crippen LogP contribution in [0.25, 0.3) is 11.3 Å². The molecule has 2 heterocycles. The Morgan fingerprint density at radius 3 is 2.68 bits per heavy atom. The highest BCUT2D eigenvalue weighted by Gasteiger charge is 2.28. The zero-order valence-electron chi connectivity index (χ0n) is 18.0. The number of anilines is 2. The minimum atomic E-state index is -0.00884. The maximum absolute atomic E-state index is 13.3. The number of aryl methyl sites for hydroxylation is 1. The van der Waals surface area contributed by atoms with Gasteiger partial charge in [-0.2, -0.15) is 0 Å². The van der Waals surface area contributed by atoms with Gasteiger partial charge in [-0.25, -0.2) is 4.98 Å². The van der Waals surface area contributed by atoms with Crippen molar-refractivity contribution in [1.82, 2.24) is 19.8 Å². The first-order chi connectivity index (χ1) is 14.9. The molecule has 0 saturated carbocycles. The highest BCUT2D eigenvalue weighted by atomic mass is 16.3. The van der Waals surface area contributed by atoms with Crippen molar-refractivity contribution in [2.45, 2.75) is 19.4 Å². The van der Waals surface area contributed by atoms with Gasteiger partial charge in [0.1, 0.15) is 11.6 Å². The minimum Gasteiger partial charge on any atom is -0.508 e. The van der Waals surface area contributed by atoms with Gasteiger partial charge in [0.15, 0.2) is 0 Å². The Hall–Kier alpha value is -3.45. The lowest BCUT2D eigenvalue weighted by molar-refractivity contribution is 0.0738. The van der Waals surface area contributed by atoms with Crippen molar-refractivity contribution in [1.29, 1.82) is 0 Å². The molecule has 0 aliphatic carbocycles. The first-order valence-corrected chi connectivity index (χ1v) is 10.4. The molecule has 31 heavy (non-hydrogen) atoms. The van der Waals surface area contributed by atoms with Crippen LogP contribution < -0.4 is 5.32 Å². The van der Waals surface area contributed by atoms with E-state index in [1.165, 1.54) is 0 Å². The van der Waals surface area contributed by atoms with Crippen LogP contribution in [0.15, 0.2) is 54.9 Å². The summed E-state index contributed by atoms with van der Waals surface area (Å²) in [5.74, 6) is 0.741. The Morgan fingerprint density at radius 2 is 1.97 bits per heavy atom. The summed E-state index contributed by atoms with van der Waals surface area (Å²) in [6.45, 7) is 3.88. The van der Waals surface area contributed by atoms with Crippen LogP contribution >= 0.6 is 0 Å².